The lowest BCUT2D eigenvalue weighted by atomic mass is 10.2. The van der Waals surface area contributed by atoms with E-state index in [1.165, 1.54) is 5.69 Å². The molecular formula is C17H18BrN5. The van der Waals surface area contributed by atoms with E-state index in [1.807, 2.05) is 36.5 Å². The molecule has 1 fully saturated rings. The minimum Gasteiger partial charge on any atom is -0.314 e. The molecule has 4 rings (SSSR count). The van der Waals surface area contributed by atoms with Gasteiger partial charge in [0.2, 0.25) is 0 Å². The van der Waals surface area contributed by atoms with Gasteiger partial charge in [0.05, 0.1) is 15.9 Å². The van der Waals surface area contributed by atoms with E-state index in [9.17, 15) is 0 Å². The third-order valence-corrected chi connectivity index (χ3v) is 4.81. The largest absolute Gasteiger partial charge is 0.314 e. The molecule has 0 radical (unpaired) electrons. The molecule has 0 amide bonds. The van der Waals surface area contributed by atoms with Crippen molar-refractivity contribution in [2.75, 3.05) is 26.2 Å². The Morgan fingerprint density at radius 3 is 2.78 bits per heavy atom. The van der Waals surface area contributed by atoms with Gasteiger partial charge in [-0.1, -0.05) is 6.07 Å². The molecular weight excluding hydrogens is 354 g/mol. The maximum atomic E-state index is 4.86. The second kappa shape index (κ2) is 6.39. The van der Waals surface area contributed by atoms with Crippen LogP contribution in [-0.4, -0.2) is 45.4 Å². The lowest BCUT2D eigenvalue weighted by Crippen LogP contribution is -2.43. The summed E-state index contributed by atoms with van der Waals surface area (Å²) in [6, 6.07) is 10.0. The summed E-state index contributed by atoms with van der Waals surface area (Å²) in [6.45, 7) is 5.08. The summed E-state index contributed by atoms with van der Waals surface area (Å²) >= 11 is 3.61. The number of imidazole rings is 1. The molecule has 0 atom stereocenters. The fourth-order valence-electron chi connectivity index (χ4n) is 3.02. The first-order chi connectivity index (χ1) is 11.3. The Balaban J connectivity index is 1.83. The molecule has 0 spiro atoms. The number of halogens is 1. The van der Waals surface area contributed by atoms with Crippen LogP contribution in [0, 0.1) is 0 Å². The van der Waals surface area contributed by atoms with Crippen molar-refractivity contribution < 1.29 is 0 Å². The molecule has 0 aromatic carbocycles. The van der Waals surface area contributed by atoms with Crippen LogP contribution in [0.3, 0.4) is 0 Å². The number of aromatic nitrogens is 3. The fourth-order valence-corrected chi connectivity index (χ4v) is 3.46. The molecule has 5 nitrogen and oxygen atoms in total. The highest BCUT2D eigenvalue weighted by molar-refractivity contribution is 9.10. The van der Waals surface area contributed by atoms with Crippen LogP contribution < -0.4 is 5.32 Å². The molecule has 3 aromatic rings. The maximum Gasteiger partial charge on any atom is 0.152 e. The Kier molecular flexibility index (Phi) is 4.11. The quantitative estimate of drug-likeness (QED) is 0.768. The summed E-state index contributed by atoms with van der Waals surface area (Å²) in [6.07, 6.45) is 3.90. The summed E-state index contributed by atoms with van der Waals surface area (Å²) in [4.78, 5) is 11.8. The number of rotatable bonds is 3. The van der Waals surface area contributed by atoms with Gasteiger partial charge in [0.25, 0.3) is 0 Å². The minimum absolute atomic E-state index is 0.880. The van der Waals surface area contributed by atoms with Gasteiger partial charge in [0.1, 0.15) is 5.69 Å². The van der Waals surface area contributed by atoms with E-state index in [1.54, 1.807) is 0 Å². The van der Waals surface area contributed by atoms with Gasteiger partial charge in [0.15, 0.2) is 5.65 Å². The molecule has 23 heavy (non-hydrogen) atoms. The molecule has 118 valence electrons. The first-order valence-electron chi connectivity index (χ1n) is 7.83. The van der Waals surface area contributed by atoms with Gasteiger partial charge in [-0.05, 0) is 40.2 Å². The van der Waals surface area contributed by atoms with Gasteiger partial charge in [-0.3, -0.25) is 9.88 Å². The lowest BCUT2D eigenvalue weighted by molar-refractivity contribution is 0.230. The summed E-state index contributed by atoms with van der Waals surface area (Å²) in [5.74, 6) is 0. The zero-order chi connectivity index (χ0) is 15.6. The summed E-state index contributed by atoms with van der Waals surface area (Å²) in [5.41, 5.74) is 4.03. The summed E-state index contributed by atoms with van der Waals surface area (Å²) < 4.78 is 3.18. The van der Waals surface area contributed by atoms with Crippen molar-refractivity contribution in [1.29, 1.82) is 0 Å². The Hall–Kier alpha value is -1.76. The third kappa shape index (κ3) is 2.89. The number of hydrogen-bond donors (Lipinski definition) is 1. The molecule has 1 saturated heterocycles. The van der Waals surface area contributed by atoms with E-state index < -0.39 is 0 Å². The highest BCUT2D eigenvalue weighted by Crippen LogP contribution is 2.27. The Bertz CT molecular complexity index is 808. The second-order valence-electron chi connectivity index (χ2n) is 5.70. The predicted molar refractivity (Wildman–Crippen MR) is 94.3 cm³/mol. The Labute approximate surface area is 143 Å². The zero-order valence-electron chi connectivity index (χ0n) is 12.7. The van der Waals surface area contributed by atoms with Crippen molar-refractivity contribution in [3.63, 3.8) is 0 Å². The first kappa shape index (κ1) is 14.8. The van der Waals surface area contributed by atoms with Crippen LogP contribution in [0.1, 0.15) is 5.69 Å². The zero-order valence-corrected chi connectivity index (χ0v) is 14.3. The van der Waals surface area contributed by atoms with Crippen molar-refractivity contribution in [2.24, 2.45) is 0 Å². The van der Waals surface area contributed by atoms with Crippen LogP contribution in [0.5, 0.6) is 0 Å². The predicted octanol–water partition coefficient (Wildman–Crippen LogP) is 2.56. The van der Waals surface area contributed by atoms with E-state index in [0.29, 0.717) is 0 Å². The fraction of sp³-hybridized carbons (Fsp3) is 0.294. The van der Waals surface area contributed by atoms with Gasteiger partial charge >= 0.3 is 0 Å². The monoisotopic (exact) mass is 371 g/mol. The van der Waals surface area contributed by atoms with Gasteiger partial charge in [-0.2, -0.15) is 0 Å². The number of nitrogens with one attached hydrogen (secondary N) is 1. The number of pyridine rings is 2. The highest BCUT2D eigenvalue weighted by atomic mass is 79.9. The van der Waals surface area contributed by atoms with Crippen LogP contribution in [0.15, 0.2) is 47.2 Å². The number of hydrogen-bond acceptors (Lipinski definition) is 4. The van der Waals surface area contributed by atoms with E-state index in [-0.39, 0.29) is 0 Å². The molecule has 3 aromatic heterocycles. The van der Waals surface area contributed by atoms with Crippen molar-refractivity contribution in [3.05, 3.63) is 52.9 Å². The van der Waals surface area contributed by atoms with Crippen LogP contribution in [0.2, 0.25) is 0 Å². The average molecular weight is 372 g/mol. The molecule has 0 bridgehead atoms. The van der Waals surface area contributed by atoms with E-state index in [2.05, 4.69) is 41.7 Å². The highest BCUT2D eigenvalue weighted by Gasteiger charge is 2.19. The normalized spacial score (nSPS) is 16.0. The van der Waals surface area contributed by atoms with E-state index >= 15 is 0 Å². The van der Waals surface area contributed by atoms with Crippen LogP contribution in [-0.2, 0) is 6.54 Å². The van der Waals surface area contributed by atoms with Gasteiger partial charge in [0, 0.05) is 45.1 Å². The van der Waals surface area contributed by atoms with Gasteiger partial charge < -0.3 is 9.72 Å². The van der Waals surface area contributed by atoms with E-state index in [4.69, 9.17) is 4.98 Å². The lowest BCUT2D eigenvalue weighted by Gasteiger charge is -2.27. The standard InChI is InChI=1S/C17H18BrN5/c18-13-4-3-9-23-15(12-22-10-7-19-8-11-22)16(21-17(13)23)14-5-1-2-6-20-14/h1-6,9,19H,7-8,10-12H2. The number of fused-ring (bicyclic) bond motifs is 1. The number of piperazine rings is 1. The molecule has 1 N–H and O–H groups in total. The smallest absolute Gasteiger partial charge is 0.152 e. The van der Waals surface area contributed by atoms with Crippen LogP contribution in [0.25, 0.3) is 17.0 Å². The van der Waals surface area contributed by atoms with Crippen molar-refractivity contribution >= 4 is 21.6 Å². The molecule has 0 unspecified atom stereocenters. The minimum atomic E-state index is 0.880. The van der Waals surface area contributed by atoms with Crippen LogP contribution >= 0.6 is 15.9 Å². The van der Waals surface area contributed by atoms with Crippen molar-refractivity contribution in [1.82, 2.24) is 24.6 Å². The Morgan fingerprint density at radius 2 is 2.00 bits per heavy atom. The molecule has 0 saturated carbocycles. The molecule has 1 aliphatic rings. The second-order valence-corrected chi connectivity index (χ2v) is 6.55. The third-order valence-electron chi connectivity index (χ3n) is 4.19. The molecule has 1 aliphatic heterocycles. The van der Waals surface area contributed by atoms with Gasteiger partial charge in [-0.25, -0.2) is 4.98 Å². The maximum absolute atomic E-state index is 4.86. The molecule has 0 aliphatic carbocycles. The van der Waals surface area contributed by atoms with Crippen molar-refractivity contribution in [2.45, 2.75) is 6.54 Å². The molecule has 6 heteroatoms. The van der Waals surface area contributed by atoms with Crippen molar-refractivity contribution in [3.8, 4) is 11.4 Å². The SMILES string of the molecule is Brc1cccn2c(CN3CCNCC3)c(-c3ccccn3)nc12. The topological polar surface area (TPSA) is 45.5 Å². The summed E-state index contributed by atoms with van der Waals surface area (Å²) in [5, 5.41) is 3.40. The Morgan fingerprint density at radius 1 is 1.13 bits per heavy atom. The van der Waals surface area contributed by atoms with Crippen LogP contribution in [0.4, 0.5) is 0 Å². The van der Waals surface area contributed by atoms with E-state index in [0.717, 1.165) is 54.2 Å². The average Bonchev–Trinajstić information content (AvgIpc) is 2.97. The first-order valence-corrected chi connectivity index (χ1v) is 8.62. The van der Waals surface area contributed by atoms with Gasteiger partial charge in [-0.15, -0.1) is 0 Å². The molecule has 4 heterocycles. The summed E-state index contributed by atoms with van der Waals surface area (Å²) in [7, 11) is 0. The number of nitrogens with zero attached hydrogens (tertiary/aromatic N) is 4.